The Kier molecular flexibility index (Phi) is 6.83. The molecule has 0 saturated carbocycles. The lowest BCUT2D eigenvalue weighted by molar-refractivity contribution is 0.273. The van der Waals surface area contributed by atoms with E-state index in [0.717, 1.165) is 49.0 Å². The molecule has 1 aromatic rings. The summed E-state index contributed by atoms with van der Waals surface area (Å²) in [5.41, 5.74) is 2.10. The second-order valence-electron chi connectivity index (χ2n) is 5.13. The molecule has 110 valence electrons. The van der Waals surface area contributed by atoms with Crippen molar-refractivity contribution in [2.75, 3.05) is 20.1 Å². The molecule has 0 aliphatic heterocycles. The van der Waals surface area contributed by atoms with E-state index in [0.29, 0.717) is 6.04 Å². The first-order chi connectivity index (χ1) is 9.01. The highest BCUT2D eigenvalue weighted by molar-refractivity contribution is 6.31. The smallest absolute Gasteiger partial charge is 0.0863 e. The van der Waals surface area contributed by atoms with Crippen molar-refractivity contribution in [2.24, 2.45) is 0 Å². The van der Waals surface area contributed by atoms with Gasteiger partial charge < -0.3 is 10.2 Å². The largest absolute Gasteiger partial charge is 0.310 e. The van der Waals surface area contributed by atoms with Crippen molar-refractivity contribution in [1.29, 1.82) is 0 Å². The van der Waals surface area contributed by atoms with E-state index >= 15 is 0 Å². The quantitative estimate of drug-likeness (QED) is 0.746. The van der Waals surface area contributed by atoms with Crippen LogP contribution >= 0.6 is 11.6 Å². The molecule has 1 aromatic heterocycles. The second kappa shape index (κ2) is 7.88. The first-order valence-corrected chi connectivity index (χ1v) is 7.54. The number of likely N-dealkylation sites (N-methyl/N-ethyl adjacent to an activating group) is 1. The summed E-state index contributed by atoms with van der Waals surface area (Å²) < 4.78 is 2.00. The van der Waals surface area contributed by atoms with Crippen LogP contribution in [0.3, 0.4) is 0 Å². The van der Waals surface area contributed by atoms with E-state index in [2.05, 4.69) is 50.1 Å². The normalized spacial score (nSPS) is 11.8. The van der Waals surface area contributed by atoms with Gasteiger partial charge in [-0.3, -0.25) is 4.68 Å². The van der Waals surface area contributed by atoms with Crippen LogP contribution < -0.4 is 5.32 Å². The standard InChI is InChI=1S/C14H27ClN4/c1-6-12-14(15)13(19(7-2)17-12)10-16-8-9-18(5)11(3)4/h11,16H,6-10H2,1-5H3. The van der Waals surface area contributed by atoms with Crippen molar-refractivity contribution in [2.45, 2.75) is 53.2 Å². The molecule has 1 rings (SSSR count). The SMILES string of the molecule is CCc1nn(CC)c(CNCCN(C)C(C)C)c1Cl. The number of aryl methyl sites for hydroxylation is 2. The molecule has 0 aromatic carbocycles. The lowest BCUT2D eigenvalue weighted by Crippen LogP contribution is -2.33. The van der Waals surface area contributed by atoms with Crippen molar-refractivity contribution in [3.63, 3.8) is 0 Å². The average Bonchev–Trinajstić information content (AvgIpc) is 2.70. The highest BCUT2D eigenvalue weighted by Gasteiger charge is 2.13. The summed E-state index contributed by atoms with van der Waals surface area (Å²) in [6.45, 7) is 12.2. The minimum atomic E-state index is 0.582. The lowest BCUT2D eigenvalue weighted by atomic mass is 10.3. The summed E-state index contributed by atoms with van der Waals surface area (Å²) in [5, 5.41) is 8.80. The van der Waals surface area contributed by atoms with Crippen LogP contribution in [0.4, 0.5) is 0 Å². The lowest BCUT2D eigenvalue weighted by Gasteiger charge is -2.21. The summed E-state index contributed by atoms with van der Waals surface area (Å²) in [4.78, 5) is 2.32. The van der Waals surface area contributed by atoms with E-state index in [1.165, 1.54) is 0 Å². The van der Waals surface area contributed by atoms with E-state index in [9.17, 15) is 0 Å². The zero-order valence-electron chi connectivity index (χ0n) is 12.8. The fourth-order valence-electron chi connectivity index (χ4n) is 1.91. The van der Waals surface area contributed by atoms with Gasteiger partial charge in [0.2, 0.25) is 0 Å². The number of rotatable bonds is 8. The van der Waals surface area contributed by atoms with E-state index in [1.807, 2.05) is 4.68 Å². The molecule has 0 fully saturated rings. The summed E-state index contributed by atoms with van der Waals surface area (Å²) in [5.74, 6) is 0. The van der Waals surface area contributed by atoms with Gasteiger partial charge in [0.05, 0.1) is 16.4 Å². The molecule has 0 spiro atoms. The fraction of sp³-hybridized carbons (Fsp3) is 0.786. The van der Waals surface area contributed by atoms with Crippen molar-refractivity contribution >= 4 is 11.6 Å². The number of nitrogens with zero attached hydrogens (tertiary/aromatic N) is 3. The van der Waals surface area contributed by atoms with Gasteiger partial charge in [0.1, 0.15) is 0 Å². The van der Waals surface area contributed by atoms with Crippen LogP contribution in [-0.2, 0) is 19.5 Å². The molecule has 5 heteroatoms. The highest BCUT2D eigenvalue weighted by atomic mass is 35.5. The van der Waals surface area contributed by atoms with Crippen LogP contribution in [0.1, 0.15) is 39.1 Å². The van der Waals surface area contributed by atoms with Crippen molar-refractivity contribution in [1.82, 2.24) is 20.0 Å². The number of hydrogen-bond donors (Lipinski definition) is 1. The molecule has 0 unspecified atom stereocenters. The molecule has 1 N–H and O–H groups in total. The van der Waals surface area contributed by atoms with Gasteiger partial charge in [-0.25, -0.2) is 0 Å². The summed E-state index contributed by atoms with van der Waals surface area (Å²) in [7, 11) is 2.14. The Balaban J connectivity index is 2.51. The Morgan fingerprint density at radius 3 is 2.58 bits per heavy atom. The molecule has 19 heavy (non-hydrogen) atoms. The Bertz CT molecular complexity index is 387. The maximum Gasteiger partial charge on any atom is 0.0863 e. The van der Waals surface area contributed by atoms with Gasteiger partial charge in [0.25, 0.3) is 0 Å². The molecule has 0 aliphatic rings. The Morgan fingerprint density at radius 1 is 1.37 bits per heavy atom. The zero-order valence-corrected chi connectivity index (χ0v) is 13.6. The van der Waals surface area contributed by atoms with E-state index in [4.69, 9.17) is 11.6 Å². The van der Waals surface area contributed by atoms with E-state index < -0.39 is 0 Å². The van der Waals surface area contributed by atoms with Crippen LogP contribution in [0.25, 0.3) is 0 Å². The van der Waals surface area contributed by atoms with Gasteiger partial charge in [-0.05, 0) is 34.2 Å². The van der Waals surface area contributed by atoms with E-state index in [-0.39, 0.29) is 0 Å². The van der Waals surface area contributed by atoms with E-state index in [1.54, 1.807) is 0 Å². The number of halogens is 1. The van der Waals surface area contributed by atoms with Crippen LogP contribution in [-0.4, -0.2) is 40.9 Å². The maximum atomic E-state index is 6.37. The van der Waals surface area contributed by atoms with Crippen molar-refractivity contribution in [3.05, 3.63) is 16.4 Å². The summed E-state index contributed by atoms with van der Waals surface area (Å²) >= 11 is 6.37. The van der Waals surface area contributed by atoms with Crippen molar-refractivity contribution < 1.29 is 0 Å². The number of aromatic nitrogens is 2. The molecule has 1 heterocycles. The molecule has 0 bridgehead atoms. The molecule has 0 atom stereocenters. The molecular weight excluding hydrogens is 260 g/mol. The fourth-order valence-corrected chi connectivity index (χ4v) is 2.24. The molecule has 0 amide bonds. The average molecular weight is 287 g/mol. The second-order valence-corrected chi connectivity index (χ2v) is 5.51. The third kappa shape index (κ3) is 4.48. The first kappa shape index (κ1) is 16.5. The van der Waals surface area contributed by atoms with Crippen LogP contribution in [0.15, 0.2) is 0 Å². The molecule has 4 nitrogen and oxygen atoms in total. The van der Waals surface area contributed by atoms with Gasteiger partial charge in [-0.15, -0.1) is 0 Å². The van der Waals surface area contributed by atoms with Crippen LogP contribution in [0.2, 0.25) is 5.02 Å². The third-order valence-corrected chi connectivity index (χ3v) is 3.95. The van der Waals surface area contributed by atoms with Gasteiger partial charge >= 0.3 is 0 Å². The molecule has 0 aliphatic carbocycles. The first-order valence-electron chi connectivity index (χ1n) is 7.16. The minimum Gasteiger partial charge on any atom is -0.310 e. The van der Waals surface area contributed by atoms with Gasteiger partial charge in [-0.2, -0.15) is 5.10 Å². The van der Waals surface area contributed by atoms with Gasteiger partial charge in [-0.1, -0.05) is 18.5 Å². The minimum absolute atomic E-state index is 0.582. The van der Waals surface area contributed by atoms with Crippen LogP contribution in [0.5, 0.6) is 0 Å². The molecular formula is C14H27ClN4. The topological polar surface area (TPSA) is 33.1 Å². The maximum absolute atomic E-state index is 6.37. The molecule has 0 saturated heterocycles. The zero-order chi connectivity index (χ0) is 14.4. The summed E-state index contributed by atoms with van der Waals surface area (Å²) in [6.07, 6.45) is 0.884. The Labute approximate surface area is 122 Å². The summed E-state index contributed by atoms with van der Waals surface area (Å²) in [6, 6.07) is 0.582. The highest BCUT2D eigenvalue weighted by Crippen LogP contribution is 2.21. The van der Waals surface area contributed by atoms with Gasteiger partial charge in [0, 0.05) is 32.2 Å². The molecule has 0 radical (unpaired) electrons. The third-order valence-electron chi connectivity index (χ3n) is 3.51. The number of hydrogen-bond acceptors (Lipinski definition) is 3. The monoisotopic (exact) mass is 286 g/mol. The number of nitrogens with one attached hydrogen (secondary N) is 1. The Hall–Kier alpha value is -0.580. The Morgan fingerprint density at radius 2 is 2.05 bits per heavy atom. The predicted octanol–water partition coefficient (Wildman–Crippen LogP) is 2.55. The van der Waals surface area contributed by atoms with Crippen molar-refractivity contribution in [3.8, 4) is 0 Å². The predicted molar refractivity (Wildman–Crippen MR) is 81.8 cm³/mol. The van der Waals surface area contributed by atoms with Crippen LogP contribution in [0, 0.1) is 0 Å². The van der Waals surface area contributed by atoms with Gasteiger partial charge in [0.15, 0.2) is 0 Å².